The maximum absolute atomic E-state index is 11.3. The molecule has 0 aliphatic carbocycles. The van der Waals surface area contributed by atoms with Gasteiger partial charge in [0.1, 0.15) is 0 Å². The van der Waals surface area contributed by atoms with Gasteiger partial charge in [-0.15, -0.1) is 0 Å². The summed E-state index contributed by atoms with van der Waals surface area (Å²) in [7, 11) is 0. The molecule has 6 nitrogen and oxygen atoms in total. The van der Waals surface area contributed by atoms with Gasteiger partial charge in [0.05, 0.1) is 0 Å². The van der Waals surface area contributed by atoms with Crippen molar-refractivity contribution in [2.75, 3.05) is 18.4 Å². The van der Waals surface area contributed by atoms with Crippen LogP contribution < -0.4 is 16.8 Å². The second kappa shape index (κ2) is 5.81. The average molecular weight is 276 g/mol. The molecule has 0 aromatic heterocycles. The number of hydrogen-bond acceptors (Lipinski definition) is 3. The number of nitrogens with two attached hydrogens (primary N) is 2. The van der Waals surface area contributed by atoms with Crippen LogP contribution in [0, 0.1) is 6.92 Å². The molecule has 2 rings (SSSR count). The van der Waals surface area contributed by atoms with Crippen molar-refractivity contribution in [1.29, 1.82) is 0 Å². The van der Waals surface area contributed by atoms with Gasteiger partial charge in [-0.1, -0.05) is 6.07 Å². The van der Waals surface area contributed by atoms with Gasteiger partial charge in [0.25, 0.3) is 0 Å². The lowest BCUT2D eigenvalue weighted by Gasteiger charge is -2.32. The topological polar surface area (TPSA) is 101 Å². The van der Waals surface area contributed by atoms with Crippen LogP contribution >= 0.6 is 0 Å². The molecule has 1 aliphatic heterocycles. The van der Waals surface area contributed by atoms with Gasteiger partial charge in [0.2, 0.25) is 5.91 Å². The van der Waals surface area contributed by atoms with Gasteiger partial charge in [-0.25, -0.2) is 4.79 Å². The fourth-order valence-corrected chi connectivity index (χ4v) is 2.52. The predicted octanol–water partition coefficient (Wildman–Crippen LogP) is 1.05. The average Bonchev–Trinajstić information content (AvgIpc) is 2.41. The van der Waals surface area contributed by atoms with Crippen LogP contribution in [0.1, 0.15) is 28.8 Å². The van der Waals surface area contributed by atoms with Crippen LogP contribution in [0.5, 0.6) is 0 Å². The smallest absolute Gasteiger partial charge is 0.314 e. The Morgan fingerprint density at radius 2 is 1.90 bits per heavy atom. The first-order valence-electron chi connectivity index (χ1n) is 6.69. The van der Waals surface area contributed by atoms with E-state index in [-0.39, 0.29) is 12.1 Å². The fourth-order valence-electron chi connectivity index (χ4n) is 2.52. The van der Waals surface area contributed by atoms with E-state index >= 15 is 0 Å². The number of likely N-dealkylation sites (tertiary alicyclic amines) is 1. The highest BCUT2D eigenvalue weighted by Gasteiger charge is 2.21. The van der Waals surface area contributed by atoms with Gasteiger partial charge in [-0.3, -0.25) is 4.79 Å². The number of anilines is 1. The van der Waals surface area contributed by atoms with E-state index < -0.39 is 5.91 Å². The number of primary amides is 2. The lowest BCUT2D eigenvalue weighted by atomic mass is 10.0. The van der Waals surface area contributed by atoms with Gasteiger partial charge < -0.3 is 21.7 Å². The quantitative estimate of drug-likeness (QED) is 0.769. The molecule has 1 fully saturated rings. The van der Waals surface area contributed by atoms with Crippen molar-refractivity contribution in [3.8, 4) is 0 Å². The fraction of sp³-hybridized carbons (Fsp3) is 0.429. The van der Waals surface area contributed by atoms with E-state index in [1.807, 2.05) is 19.1 Å². The summed E-state index contributed by atoms with van der Waals surface area (Å²) in [5.41, 5.74) is 12.9. The number of hydrogen-bond donors (Lipinski definition) is 3. The minimum absolute atomic E-state index is 0.271. The zero-order valence-corrected chi connectivity index (χ0v) is 11.6. The zero-order chi connectivity index (χ0) is 14.7. The molecule has 0 radical (unpaired) electrons. The van der Waals surface area contributed by atoms with Crippen molar-refractivity contribution in [3.05, 3.63) is 29.3 Å². The van der Waals surface area contributed by atoms with E-state index in [1.54, 1.807) is 11.0 Å². The predicted molar refractivity (Wildman–Crippen MR) is 77.5 cm³/mol. The lowest BCUT2D eigenvalue weighted by molar-refractivity contribution is 0.0999. The third-order valence-electron chi connectivity index (χ3n) is 3.77. The Morgan fingerprint density at radius 1 is 1.25 bits per heavy atom. The van der Waals surface area contributed by atoms with E-state index in [2.05, 4.69) is 5.32 Å². The molecule has 1 heterocycles. The maximum Gasteiger partial charge on any atom is 0.314 e. The molecule has 3 amide bonds. The Kier molecular flexibility index (Phi) is 4.12. The second-order valence-corrected chi connectivity index (χ2v) is 5.09. The molecule has 0 bridgehead atoms. The van der Waals surface area contributed by atoms with Gasteiger partial charge in [-0.2, -0.15) is 0 Å². The van der Waals surface area contributed by atoms with E-state index in [4.69, 9.17) is 11.5 Å². The lowest BCUT2D eigenvalue weighted by Crippen LogP contribution is -2.44. The summed E-state index contributed by atoms with van der Waals surface area (Å²) in [6.07, 6.45) is 1.67. The molecule has 20 heavy (non-hydrogen) atoms. The van der Waals surface area contributed by atoms with E-state index in [9.17, 15) is 9.59 Å². The van der Waals surface area contributed by atoms with E-state index in [1.165, 1.54) is 0 Å². The van der Waals surface area contributed by atoms with Crippen LogP contribution in [-0.2, 0) is 0 Å². The second-order valence-electron chi connectivity index (χ2n) is 5.09. The Balaban J connectivity index is 2.03. The Labute approximate surface area is 118 Å². The number of urea groups is 1. The summed E-state index contributed by atoms with van der Waals surface area (Å²) in [5, 5.41) is 3.42. The van der Waals surface area contributed by atoms with Crippen LogP contribution in [0.3, 0.4) is 0 Å². The highest BCUT2D eigenvalue weighted by atomic mass is 16.2. The summed E-state index contributed by atoms with van der Waals surface area (Å²) < 4.78 is 0. The Bertz CT molecular complexity index is 522. The molecule has 0 spiro atoms. The first-order valence-corrected chi connectivity index (χ1v) is 6.69. The molecule has 0 unspecified atom stereocenters. The summed E-state index contributed by atoms with van der Waals surface area (Å²) in [6.45, 7) is 3.18. The first-order chi connectivity index (χ1) is 9.49. The van der Waals surface area contributed by atoms with Crippen molar-refractivity contribution in [1.82, 2.24) is 4.90 Å². The molecule has 6 heteroatoms. The molecule has 1 aromatic rings. The van der Waals surface area contributed by atoms with Gasteiger partial charge in [-0.05, 0) is 37.5 Å². The SMILES string of the molecule is Cc1c(NC2CCN(C(N)=O)CC2)cccc1C(N)=O. The van der Waals surface area contributed by atoms with Gasteiger partial charge >= 0.3 is 6.03 Å². The number of nitrogens with one attached hydrogen (secondary N) is 1. The van der Waals surface area contributed by atoms with Crippen LogP contribution in [0.15, 0.2) is 18.2 Å². The number of nitrogens with zero attached hydrogens (tertiary/aromatic N) is 1. The number of rotatable bonds is 3. The molecule has 0 saturated carbocycles. The maximum atomic E-state index is 11.3. The Morgan fingerprint density at radius 3 is 2.45 bits per heavy atom. The number of carbonyl (C=O) groups excluding carboxylic acids is 2. The number of piperidine rings is 1. The van der Waals surface area contributed by atoms with E-state index in [0.717, 1.165) is 24.1 Å². The van der Waals surface area contributed by atoms with Crippen LogP contribution in [-0.4, -0.2) is 36.0 Å². The molecular weight excluding hydrogens is 256 g/mol. The zero-order valence-electron chi connectivity index (χ0n) is 11.6. The molecule has 0 atom stereocenters. The summed E-state index contributed by atoms with van der Waals surface area (Å²) in [6, 6.07) is 5.37. The van der Waals surface area contributed by atoms with Crippen LogP contribution in [0.25, 0.3) is 0 Å². The summed E-state index contributed by atoms with van der Waals surface area (Å²) in [5.74, 6) is -0.422. The highest BCUT2D eigenvalue weighted by molar-refractivity contribution is 5.95. The number of amides is 3. The summed E-state index contributed by atoms with van der Waals surface area (Å²) in [4.78, 5) is 24.0. The van der Waals surface area contributed by atoms with Gasteiger partial charge in [0, 0.05) is 30.4 Å². The van der Waals surface area contributed by atoms with Crippen LogP contribution in [0.4, 0.5) is 10.5 Å². The molecular formula is C14H20N4O2. The minimum Gasteiger partial charge on any atom is -0.382 e. The third kappa shape index (κ3) is 3.01. The molecule has 108 valence electrons. The van der Waals surface area contributed by atoms with Crippen molar-refractivity contribution >= 4 is 17.6 Å². The largest absolute Gasteiger partial charge is 0.382 e. The number of benzene rings is 1. The molecule has 1 saturated heterocycles. The van der Waals surface area contributed by atoms with Gasteiger partial charge in [0.15, 0.2) is 0 Å². The monoisotopic (exact) mass is 276 g/mol. The normalized spacial score (nSPS) is 15.9. The van der Waals surface area contributed by atoms with Crippen molar-refractivity contribution in [2.45, 2.75) is 25.8 Å². The Hall–Kier alpha value is -2.24. The first kappa shape index (κ1) is 14.2. The standard InChI is InChI=1S/C14H20N4O2/c1-9-11(13(15)19)3-2-4-12(9)17-10-5-7-18(8-6-10)14(16)20/h2-4,10,17H,5-8H2,1H3,(H2,15,19)(H2,16,20). The van der Waals surface area contributed by atoms with Crippen molar-refractivity contribution in [3.63, 3.8) is 0 Å². The molecule has 1 aliphatic rings. The molecule has 1 aromatic carbocycles. The number of carbonyl (C=O) groups is 2. The van der Waals surface area contributed by atoms with Crippen molar-refractivity contribution < 1.29 is 9.59 Å². The van der Waals surface area contributed by atoms with Crippen LogP contribution in [0.2, 0.25) is 0 Å². The minimum atomic E-state index is -0.422. The molecule has 5 N–H and O–H groups in total. The highest BCUT2D eigenvalue weighted by Crippen LogP contribution is 2.22. The summed E-state index contributed by atoms with van der Waals surface area (Å²) >= 11 is 0. The van der Waals surface area contributed by atoms with E-state index in [0.29, 0.717) is 18.7 Å². The third-order valence-corrected chi connectivity index (χ3v) is 3.77. The van der Waals surface area contributed by atoms with Crippen molar-refractivity contribution in [2.24, 2.45) is 11.5 Å².